The van der Waals surface area contributed by atoms with E-state index in [1.54, 1.807) is 0 Å². The second-order valence-corrected chi connectivity index (χ2v) is 7.71. The van der Waals surface area contributed by atoms with Crippen LogP contribution >= 0.6 is 22.9 Å². The lowest BCUT2D eigenvalue weighted by molar-refractivity contribution is 0.0522. The van der Waals surface area contributed by atoms with Gasteiger partial charge in [0.2, 0.25) is 0 Å². The van der Waals surface area contributed by atoms with Crippen LogP contribution in [-0.4, -0.2) is 23.8 Å². The molecule has 1 saturated carbocycles. The van der Waals surface area contributed by atoms with E-state index < -0.39 is 5.60 Å². The molecule has 3 unspecified atom stereocenters. The lowest BCUT2D eigenvalue weighted by Gasteiger charge is -2.20. The average Bonchev–Trinajstić information content (AvgIpc) is 2.83. The Morgan fingerprint density at radius 2 is 2.20 bits per heavy atom. The summed E-state index contributed by atoms with van der Waals surface area (Å²) in [5, 5.41) is 8.41. The molecule has 2 N–H and O–H groups in total. The Hall–Kier alpha value is -0.780. The zero-order valence-corrected chi connectivity index (χ0v) is 13.8. The number of amides is 1. The van der Waals surface area contributed by atoms with Crippen LogP contribution in [0.1, 0.15) is 45.7 Å². The lowest BCUT2D eigenvalue weighted by atomic mass is 10.2. The average molecular weight is 317 g/mol. The minimum Gasteiger partial charge on any atom is -0.444 e. The topological polar surface area (TPSA) is 50.4 Å². The summed E-state index contributed by atoms with van der Waals surface area (Å²) >= 11 is 7.47. The molecule has 1 aliphatic carbocycles. The van der Waals surface area contributed by atoms with Gasteiger partial charge in [-0.3, -0.25) is 0 Å². The van der Waals surface area contributed by atoms with Crippen molar-refractivity contribution in [2.24, 2.45) is 0 Å². The van der Waals surface area contributed by atoms with E-state index >= 15 is 0 Å². The van der Waals surface area contributed by atoms with E-state index in [0.29, 0.717) is 6.04 Å². The summed E-state index contributed by atoms with van der Waals surface area (Å²) in [5.74, 6) is 0. The highest BCUT2D eigenvalue weighted by atomic mass is 35.5. The summed E-state index contributed by atoms with van der Waals surface area (Å²) in [5.41, 5.74) is 0.728. The number of nitrogens with one attached hydrogen (secondary N) is 2. The molecule has 2 rings (SSSR count). The highest BCUT2D eigenvalue weighted by Gasteiger charge is 2.40. The van der Waals surface area contributed by atoms with Crippen LogP contribution in [0.15, 0.2) is 11.4 Å². The normalized spacial score (nSPS) is 23.2. The lowest BCUT2D eigenvalue weighted by Crippen LogP contribution is -2.37. The number of carbonyl (C=O) groups excluding carboxylic acids is 1. The first-order valence-electron chi connectivity index (χ1n) is 6.74. The first-order chi connectivity index (χ1) is 9.24. The van der Waals surface area contributed by atoms with Crippen LogP contribution in [0.25, 0.3) is 0 Å². The maximum absolute atomic E-state index is 11.6. The molecule has 1 heterocycles. The Kier molecular flexibility index (Phi) is 4.62. The number of ether oxygens (including phenoxy) is 1. The van der Waals surface area contributed by atoms with Crippen molar-refractivity contribution in [1.82, 2.24) is 10.6 Å². The second kappa shape index (κ2) is 5.92. The predicted octanol–water partition coefficient (Wildman–Crippen LogP) is 3.72. The summed E-state index contributed by atoms with van der Waals surface area (Å²) < 4.78 is 6.04. The van der Waals surface area contributed by atoms with E-state index in [-0.39, 0.29) is 18.2 Å². The SMILES string of the molecule is CC(NC1CC1NC(=O)OC(C)(C)C)c1csc(Cl)c1. The molecule has 4 nitrogen and oxygen atoms in total. The molecule has 0 radical (unpaired) electrons. The van der Waals surface area contributed by atoms with Crippen LogP contribution < -0.4 is 10.6 Å². The van der Waals surface area contributed by atoms with Crippen LogP contribution in [0.3, 0.4) is 0 Å². The maximum atomic E-state index is 11.6. The molecule has 0 spiro atoms. The van der Waals surface area contributed by atoms with Crippen LogP contribution in [-0.2, 0) is 4.74 Å². The van der Waals surface area contributed by atoms with Gasteiger partial charge in [-0.2, -0.15) is 0 Å². The van der Waals surface area contributed by atoms with E-state index in [4.69, 9.17) is 16.3 Å². The van der Waals surface area contributed by atoms with Crippen molar-refractivity contribution in [1.29, 1.82) is 0 Å². The Morgan fingerprint density at radius 3 is 2.75 bits per heavy atom. The fraction of sp³-hybridized carbons (Fsp3) is 0.643. The van der Waals surface area contributed by atoms with Gasteiger partial charge in [0.1, 0.15) is 5.60 Å². The Morgan fingerprint density at radius 1 is 1.50 bits per heavy atom. The third-order valence-electron chi connectivity index (χ3n) is 3.04. The van der Waals surface area contributed by atoms with Crippen molar-refractivity contribution in [3.8, 4) is 0 Å². The third kappa shape index (κ3) is 4.65. The summed E-state index contributed by atoms with van der Waals surface area (Å²) in [6, 6.07) is 2.66. The molecule has 0 aliphatic heterocycles. The quantitative estimate of drug-likeness (QED) is 0.890. The Labute approximate surface area is 128 Å². The smallest absolute Gasteiger partial charge is 0.407 e. The van der Waals surface area contributed by atoms with Crippen molar-refractivity contribution in [2.75, 3.05) is 0 Å². The Bertz CT molecular complexity index is 484. The number of thiophene rings is 1. The summed E-state index contributed by atoms with van der Waals surface area (Å²) in [6.07, 6.45) is 0.583. The van der Waals surface area contributed by atoms with Gasteiger partial charge in [-0.15, -0.1) is 11.3 Å². The third-order valence-corrected chi connectivity index (χ3v) is 4.15. The molecule has 1 aromatic rings. The second-order valence-electron chi connectivity index (χ2n) is 6.17. The molecular formula is C14H21ClN2O2S. The molecule has 0 saturated heterocycles. The van der Waals surface area contributed by atoms with E-state index in [9.17, 15) is 4.79 Å². The minimum absolute atomic E-state index is 0.154. The fourth-order valence-corrected chi connectivity index (χ4v) is 2.95. The van der Waals surface area contributed by atoms with Gasteiger partial charge in [0, 0.05) is 18.1 Å². The summed E-state index contributed by atoms with van der Waals surface area (Å²) in [7, 11) is 0. The highest BCUT2D eigenvalue weighted by Crippen LogP contribution is 2.29. The van der Waals surface area contributed by atoms with E-state index in [0.717, 1.165) is 10.8 Å². The van der Waals surface area contributed by atoms with Crippen molar-refractivity contribution in [3.63, 3.8) is 0 Å². The highest BCUT2D eigenvalue weighted by molar-refractivity contribution is 7.14. The van der Waals surface area contributed by atoms with Crippen molar-refractivity contribution < 1.29 is 9.53 Å². The zero-order valence-electron chi connectivity index (χ0n) is 12.2. The molecular weight excluding hydrogens is 296 g/mol. The molecule has 1 aliphatic rings. The monoisotopic (exact) mass is 316 g/mol. The molecule has 112 valence electrons. The van der Waals surface area contributed by atoms with Crippen molar-refractivity contribution in [2.45, 2.75) is 57.8 Å². The molecule has 1 fully saturated rings. The van der Waals surface area contributed by atoms with Gasteiger partial charge in [-0.1, -0.05) is 11.6 Å². The van der Waals surface area contributed by atoms with Crippen LogP contribution in [0, 0.1) is 0 Å². The fourth-order valence-electron chi connectivity index (χ4n) is 1.97. The summed E-state index contributed by atoms with van der Waals surface area (Å²) in [6.45, 7) is 7.67. The van der Waals surface area contributed by atoms with Crippen LogP contribution in [0.2, 0.25) is 4.34 Å². The number of carbonyl (C=O) groups is 1. The van der Waals surface area contributed by atoms with Crippen molar-refractivity contribution >= 4 is 29.0 Å². The molecule has 0 bridgehead atoms. The van der Waals surface area contributed by atoms with Gasteiger partial charge in [-0.25, -0.2) is 4.79 Å². The number of halogens is 1. The molecule has 6 heteroatoms. The summed E-state index contributed by atoms with van der Waals surface area (Å²) in [4.78, 5) is 11.6. The molecule has 3 atom stereocenters. The number of hydrogen-bond donors (Lipinski definition) is 2. The predicted molar refractivity (Wildman–Crippen MR) is 82.4 cm³/mol. The number of alkyl carbamates (subject to hydrolysis) is 1. The van der Waals surface area contributed by atoms with Crippen LogP contribution in [0.4, 0.5) is 4.79 Å². The van der Waals surface area contributed by atoms with Gasteiger partial charge in [0.15, 0.2) is 0 Å². The number of rotatable bonds is 4. The largest absolute Gasteiger partial charge is 0.444 e. The first-order valence-corrected chi connectivity index (χ1v) is 8.00. The molecule has 20 heavy (non-hydrogen) atoms. The van der Waals surface area contributed by atoms with Crippen LogP contribution in [0.5, 0.6) is 0 Å². The van der Waals surface area contributed by atoms with Gasteiger partial charge >= 0.3 is 6.09 Å². The maximum Gasteiger partial charge on any atom is 0.407 e. The van der Waals surface area contributed by atoms with E-state index in [2.05, 4.69) is 22.9 Å². The zero-order chi connectivity index (χ0) is 14.9. The first kappa shape index (κ1) is 15.6. The molecule has 1 aromatic heterocycles. The molecule has 1 amide bonds. The standard InChI is InChI=1S/C14H21ClN2O2S/c1-8(9-5-12(15)20-7-9)16-10-6-11(10)17-13(18)19-14(2,3)4/h5,7-8,10-11,16H,6H2,1-4H3,(H,17,18). The van der Waals surface area contributed by atoms with E-state index in [1.165, 1.54) is 16.9 Å². The van der Waals surface area contributed by atoms with Gasteiger partial charge in [0.05, 0.1) is 4.34 Å². The van der Waals surface area contributed by atoms with Gasteiger partial charge < -0.3 is 15.4 Å². The van der Waals surface area contributed by atoms with Gasteiger partial charge in [-0.05, 0) is 51.1 Å². The van der Waals surface area contributed by atoms with E-state index in [1.807, 2.05) is 26.8 Å². The molecule has 0 aromatic carbocycles. The van der Waals surface area contributed by atoms with Crippen molar-refractivity contribution in [3.05, 3.63) is 21.3 Å². The Balaban J connectivity index is 1.74. The number of hydrogen-bond acceptors (Lipinski definition) is 4. The van der Waals surface area contributed by atoms with Gasteiger partial charge in [0.25, 0.3) is 0 Å². The minimum atomic E-state index is -0.456.